The molecule has 0 aliphatic carbocycles. The van der Waals surface area contributed by atoms with Gasteiger partial charge in [0.25, 0.3) is 0 Å². The summed E-state index contributed by atoms with van der Waals surface area (Å²) >= 11 is 10.8. The number of pyridine rings is 1. The number of carbonyl (C=O) groups is 1. The summed E-state index contributed by atoms with van der Waals surface area (Å²) in [5.41, 5.74) is -6.70. The number of alkyl halides is 7. The van der Waals surface area contributed by atoms with E-state index in [0.717, 1.165) is 12.1 Å². The molecule has 0 bridgehead atoms. The zero-order valence-electron chi connectivity index (χ0n) is 10.4. The summed E-state index contributed by atoms with van der Waals surface area (Å²) < 4.78 is 87.5. The SMILES string of the molecule is O=C(/C=C(\O)c1cc(Cl)nc(Cl)c1)C(F)(C(F)(F)F)C(F)(F)F. The van der Waals surface area contributed by atoms with E-state index in [9.17, 15) is 40.6 Å². The van der Waals surface area contributed by atoms with Crippen LogP contribution in [0.4, 0.5) is 30.7 Å². The van der Waals surface area contributed by atoms with Crippen molar-refractivity contribution in [1.82, 2.24) is 4.98 Å². The van der Waals surface area contributed by atoms with E-state index in [1.807, 2.05) is 0 Å². The lowest BCUT2D eigenvalue weighted by Crippen LogP contribution is -2.58. The first-order chi connectivity index (χ1) is 10.2. The summed E-state index contributed by atoms with van der Waals surface area (Å²) in [5.74, 6) is -4.46. The van der Waals surface area contributed by atoms with E-state index < -0.39 is 41.2 Å². The van der Waals surface area contributed by atoms with Crippen LogP contribution in [0, 0.1) is 0 Å². The number of hydrogen-bond donors (Lipinski definition) is 1. The number of aromatic nitrogens is 1. The Morgan fingerprint density at radius 3 is 1.74 bits per heavy atom. The van der Waals surface area contributed by atoms with Crippen molar-refractivity contribution in [3.8, 4) is 0 Å². The van der Waals surface area contributed by atoms with Crippen molar-refractivity contribution in [2.45, 2.75) is 18.0 Å². The molecule has 1 rings (SSSR count). The Hall–Kier alpha value is -1.55. The summed E-state index contributed by atoms with van der Waals surface area (Å²) in [4.78, 5) is 14.6. The third kappa shape index (κ3) is 3.86. The minimum Gasteiger partial charge on any atom is -0.507 e. The highest BCUT2D eigenvalue weighted by Gasteiger charge is 2.76. The Balaban J connectivity index is 3.36. The molecular weight excluding hydrogens is 382 g/mol. The van der Waals surface area contributed by atoms with E-state index in [1.54, 1.807) is 0 Å². The molecule has 0 atom stereocenters. The van der Waals surface area contributed by atoms with Crippen LogP contribution in [0.25, 0.3) is 5.76 Å². The highest BCUT2D eigenvalue weighted by Crippen LogP contribution is 2.47. The predicted octanol–water partition coefficient (Wildman–Crippen LogP) is 4.69. The van der Waals surface area contributed by atoms with Crippen LogP contribution in [0.5, 0.6) is 0 Å². The normalized spacial score (nSPS) is 14.0. The van der Waals surface area contributed by atoms with Crippen molar-refractivity contribution < 1.29 is 40.6 Å². The van der Waals surface area contributed by atoms with Gasteiger partial charge in [0.2, 0.25) is 5.78 Å². The number of nitrogens with zero attached hydrogens (tertiary/aromatic N) is 1. The molecule has 12 heteroatoms. The molecule has 23 heavy (non-hydrogen) atoms. The third-order valence-electron chi connectivity index (χ3n) is 2.45. The average molecular weight is 386 g/mol. The summed E-state index contributed by atoms with van der Waals surface area (Å²) in [6, 6.07) is 1.57. The maximum Gasteiger partial charge on any atom is 0.439 e. The lowest BCUT2D eigenvalue weighted by Gasteiger charge is -2.27. The Kier molecular flexibility index (Phi) is 5.22. The van der Waals surface area contributed by atoms with Gasteiger partial charge in [0.1, 0.15) is 16.1 Å². The van der Waals surface area contributed by atoms with Crippen LogP contribution in [-0.4, -0.2) is 33.9 Å². The molecule has 0 aromatic carbocycles. The van der Waals surface area contributed by atoms with Crippen LogP contribution in [0.15, 0.2) is 18.2 Å². The van der Waals surface area contributed by atoms with Crippen molar-refractivity contribution in [2.24, 2.45) is 0 Å². The lowest BCUT2D eigenvalue weighted by molar-refractivity contribution is -0.323. The molecule has 1 aromatic heterocycles. The Labute approximate surface area is 133 Å². The van der Waals surface area contributed by atoms with Gasteiger partial charge in [-0.05, 0) is 12.1 Å². The Bertz CT molecular complexity index is 621. The van der Waals surface area contributed by atoms with Crippen molar-refractivity contribution >= 4 is 34.7 Å². The van der Waals surface area contributed by atoms with Gasteiger partial charge in [0, 0.05) is 11.6 Å². The highest BCUT2D eigenvalue weighted by molar-refractivity contribution is 6.32. The van der Waals surface area contributed by atoms with Gasteiger partial charge in [-0.25, -0.2) is 9.37 Å². The zero-order chi connectivity index (χ0) is 18.2. The molecule has 0 spiro atoms. The van der Waals surface area contributed by atoms with E-state index in [0.29, 0.717) is 0 Å². The maximum atomic E-state index is 13.4. The number of rotatable bonds is 3. The van der Waals surface area contributed by atoms with Crippen LogP contribution in [0.2, 0.25) is 10.3 Å². The molecule has 1 N–H and O–H groups in total. The Morgan fingerprint density at radius 2 is 1.39 bits per heavy atom. The molecule has 0 fully saturated rings. The fourth-order valence-corrected chi connectivity index (χ4v) is 1.82. The molecule has 1 aromatic rings. The van der Waals surface area contributed by atoms with Gasteiger partial charge in [0.05, 0.1) is 0 Å². The van der Waals surface area contributed by atoms with Gasteiger partial charge >= 0.3 is 18.0 Å². The van der Waals surface area contributed by atoms with Crippen molar-refractivity contribution in [1.29, 1.82) is 0 Å². The number of halogens is 9. The van der Waals surface area contributed by atoms with Crippen molar-refractivity contribution in [3.63, 3.8) is 0 Å². The van der Waals surface area contributed by atoms with Crippen molar-refractivity contribution in [2.75, 3.05) is 0 Å². The molecule has 0 amide bonds. The van der Waals surface area contributed by atoms with E-state index in [-0.39, 0.29) is 10.3 Å². The van der Waals surface area contributed by atoms with E-state index in [2.05, 4.69) is 4.98 Å². The van der Waals surface area contributed by atoms with Crippen LogP contribution in [0.3, 0.4) is 0 Å². The zero-order valence-corrected chi connectivity index (χ0v) is 11.9. The second-order valence-corrected chi connectivity index (χ2v) is 4.82. The molecule has 0 saturated heterocycles. The number of ketones is 1. The monoisotopic (exact) mass is 385 g/mol. The van der Waals surface area contributed by atoms with Gasteiger partial charge < -0.3 is 5.11 Å². The highest BCUT2D eigenvalue weighted by atomic mass is 35.5. The number of aliphatic hydroxyl groups is 1. The van der Waals surface area contributed by atoms with Crippen LogP contribution in [-0.2, 0) is 4.79 Å². The number of allylic oxidation sites excluding steroid dienone is 1. The quantitative estimate of drug-likeness (QED) is 0.355. The van der Waals surface area contributed by atoms with Crippen LogP contribution in [0.1, 0.15) is 5.56 Å². The number of aliphatic hydroxyl groups excluding tert-OH is 1. The first-order valence-electron chi connectivity index (χ1n) is 5.31. The first-order valence-corrected chi connectivity index (χ1v) is 6.06. The van der Waals surface area contributed by atoms with Gasteiger partial charge in [-0.15, -0.1) is 0 Å². The number of hydrogen-bond acceptors (Lipinski definition) is 3. The lowest BCUT2D eigenvalue weighted by atomic mass is 9.97. The largest absolute Gasteiger partial charge is 0.507 e. The van der Waals surface area contributed by atoms with Crippen LogP contribution >= 0.6 is 23.2 Å². The molecular formula is C11H4Cl2F7NO2. The standard InChI is InChI=1S/C11H4Cl2F7NO2/c12-7-1-4(2-8(13)21-7)5(22)3-6(23)9(14,10(15,16)17)11(18,19)20/h1-3,22H/b5-3-. The van der Waals surface area contributed by atoms with Crippen molar-refractivity contribution in [3.05, 3.63) is 34.1 Å². The second kappa shape index (κ2) is 6.16. The van der Waals surface area contributed by atoms with Gasteiger partial charge in [-0.1, -0.05) is 23.2 Å². The molecule has 0 aliphatic rings. The van der Waals surface area contributed by atoms with Gasteiger partial charge in [-0.2, -0.15) is 26.3 Å². The molecule has 0 unspecified atom stereocenters. The smallest absolute Gasteiger partial charge is 0.439 e. The van der Waals surface area contributed by atoms with E-state index >= 15 is 0 Å². The molecule has 3 nitrogen and oxygen atoms in total. The summed E-state index contributed by atoms with van der Waals surface area (Å²) in [6.07, 6.45) is -13.7. The second-order valence-electron chi connectivity index (χ2n) is 4.05. The fourth-order valence-electron chi connectivity index (χ4n) is 1.36. The molecule has 0 radical (unpaired) electrons. The maximum absolute atomic E-state index is 13.4. The minimum atomic E-state index is -6.58. The first kappa shape index (κ1) is 19.5. The molecule has 0 saturated carbocycles. The summed E-state index contributed by atoms with van der Waals surface area (Å²) in [7, 11) is 0. The molecule has 1 heterocycles. The van der Waals surface area contributed by atoms with Crippen LogP contribution < -0.4 is 0 Å². The minimum absolute atomic E-state index is 0.377. The van der Waals surface area contributed by atoms with E-state index in [4.69, 9.17) is 23.2 Å². The number of carbonyl (C=O) groups excluding carboxylic acids is 1. The summed E-state index contributed by atoms with van der Waals surface area (Å²) in [5, 5.41) is 8.67. The topological polar surface area (TPSA) is 50.2 Å². The van der Waals surface area contributed by atoms with Gasteiger partial charge in [-0.3, -0.25) is 4.79 Å². The van der Waals surface area contributed by atoms with E-state index in [1.165, 1.54) is 0 Å². The third-order valence-corrected chi connectivity index (χ3v) is 2.83. The molecule has 128 valence electrons. The molecule has 0 aliphatic heterocycles. The van der Waals surface area contributed by atoms with Gasteiger partial charge in [0.15, 0.2) is 0 Å². The predicted molar refractivity (Wildman–Crippen MR) is 65.8 cm³/mol. The average Bonchev–Trinajstić information content (AvgIpc) is 2.33. The Morgan fingerprint density at radius 1 is 1.00 bits per heavy atom. The summed E-state index contributed by atoms with van der Waals surface area (Å²) in [6.45, 7) is 0. The fraction of sp³-hybridized carbons (Fsp3) is 0.273.